The Hall–Kier alpha value is -2.83. The molecule has 0 radical (unpaired) electrons. The summed E-state index contributed by atoms with van der Waals surface area (Å²) in [4.78, 5) is 36.6. The van der Waals surface area contributed by atoms with Gasteiger partial charge in [0.15, 0.2) is 5.57 Å². The second-order valence-corrected chi connectivity index (χ2v) is 9.57. The number of hydrogen-bond acceptors (Lipinski definition) is 7. The number of cyclic esters (lactones) is 2. The maximum Gasteiger partial charge on any atom is 0.351 e. The van der Waals surface area contributed by atoms with Crippen LogP contribution in [0.4, 0.5) is 0 Å². The molecule has 0 amide bonds. The molecule has 0 aliphatic carbocycles. The van der Waals surface area contributed by atoms with Crippen LogP contribution in [0.3, 0.4) is 0 Å². The third-order valence-corrected chi connectivity index (χ3v) is 6.02. The number of rotatable bonds is 15. The van der Waals surface area contributed by atoms with Crippen LogP contribution in [0.15, 0.2) is 29.8 Å². The fraction of sp³-hybridized carbons (Fsp3) is 0.607. The molecule has 2 N–H and O–H groups in total. The average Bonchev–Trinajstić information content (AvgIpc) is 2.80. The van der Waals surface area contributed by atoms with E-state index >= 15 is 0 Å². The molecule has 35 heavy (non-hydrogen) atoms. The zero-order valence-electron chi connectivity index (χ0n) is 21.5. The molecule has 194 valence electrons. The lowest BCUT2D eigenvalue weighted by Gasteiger charge is -2.30. The van der Waals surface area contributed by atoms with Crippen LogP contribution in [0.5, 0.6) is 0 Å². The highest BCUT2D eigenvalue weighted by Crippen LogP contribution is 2.26. The molecule has 1 aromatic carbocycles. The van der Waals surface area contributed by atoms with Crippen molar-refractivity contribution in [1.82, 2.24) is 0 Å². The lowest BCUT2D eigenvalue weighted by molar-refractivity contribution is -0.222. The summed E-state index contributed by atoms with van der Waals surface area (Å²) < 4.78 is 15.5. The Morgan fingerprint density at radius 2 is 1.20 bits per heavy atom. The van der Waals surface area contributed by atoms with E-state index in [1.807, 2.05) is 0 Å². The monoisotopic (exact) mass is 487 g/mol. The number of carbonyl (C=O) groups is 3. The van der Waals surface area contributed by atoms with Crippen molar-refractivity contribution in [2.24, 2.45) is 5.73 Å². The van der Waals surface area contributed by atoms with Crippen LogP contribution in [-0.2, 0) is 23.8 Å². The van der Waals surface area contributed by atoms with Crippen molar-refractivity contribution in [3.05, 3.63) is 41.0 Å². The smallest absolute Gasteiger partial charge is 0.351 e. The van der Waals surface area contributed by atoms with Crippen molar-refractivity contribution < 1.29 is 28.6 Å². The van der Waals surface area contributed by atoms with Crippen molar-refractivity contribution in [2.75, 3.05) is 6.61 Å². The SMILES string of the molecule is CCCCCCCCCCCCCCOC(=O)c1ccc(C(N)=C2C(=O)OC(C)(C)OC2=O)cc1. The van der Waals surface area contributed by atoms with E-state index in [0.29, 0.717) is 17.7 Å². The Bertz CT molecular complexity index is 850. The Morgan fingerprint density at radius 3 is 1.69 bits per heavy atom. The standard InChI is InChI=1S/C28H41NO6/c1-4-5-6-7-8-9-10-11-12-13-14-15-20-33-25(30)22-18-16-21(17-19-22)24(29)23-26(31)34-28(2,3)35-27(23)32/h16-19H,4-15,20,29H2,1-3H3. The van der Waals surface area contributed by atoms with Crippen LogP contribution in [0.25, 0.3) is 5.70 Å². The van der Waals surface area contributed by atoms with Gasteiger partial charge in [0.25, 0.3) is 5.79 Å². The first-order valence-corrected chi connectivity index (χ1v) is 13.0. The van der Waals surface area contributed by atoms with Gasteiger partial charge >= 0.3 is 17.9 Å². The van der Waals surface area contributed by atoms with E-state index in [2.05, 4.69) is 6.92 Å². The predicted octanol–water partition coefficient (Wildman–Crippen LogP) is 6.05. The summed E-state index contributed by atoms with van der Waals surface area (Å²) in [5.74, 6) is -3.42. The summed E-state index contributed by atoms with van der Waals surface area (Å²) in [6.07, 6.45) is 15.0. The van der Waals surface area contributed by atoms with Gasteiger partial charge in [0.05, 0.1) is 17.9 Å². The van der Waals surface area contributed by atoms with Crippen LogP contribution in [-0.4, -0.2) is 30.3 Å². The minimum Gasteiger partial charge on any atom is -0.462 e. The van der Waals surface area contributed by atoms with Gasteiger partial charge in [-0.25, -0.2) is 14.4 Å². The number of esters is 3. The topological polar surface area (TPSA) is 105 Å². The summed E-state index contributed by atoms with van der Waals surface area (Å²) in [5.41, 5.74) is 6.38. The summed E-state index contributed by atoms with van der Waals surface area (Å²) in [6, 6.07) is 6.22. The molecule has 0 unspecified atom stereocenters. The van der Waals surface area contributed by atoms with Gasteiger partial charge in [0, 0.05) is 13.8 Å². The lowest BCUT2D eigenvalue weighted by atomic mass is 10.0. The van der Waals surface area contributed by atoms with Crippen LogP contribution < -0.4 is 5.73 Å². The van der Waals surface area contributed by atoms with Crippen molar-refractivity contribution >= 4 is 23.6 Å². The highest BCUT2D eigenvalue weighted by molar-refractivity contribution is 6.20. The summed E-state index contributed by atoms with van der Waals surface area (Å²) in [7, 11) is 0. The minimum atomic E-state index is -1.33. The summed E-state index contributed by atoms with van der Waals surface area (Å²) in [6.45, 7) is 5.56. The molecule has 1 aromatic rings. The van der Waals surface area contributed by atoms with Crippen molar-refractivity contribution in [3.8, 4) is 0 Å². The van der Waals surface area contributed by atoms with E-state index in [1.165, 1.54) is 71.6 Å². The van der Waals surface area contributed by atoms with Crippen LogP contribution >= 0.6 is 0 Å². The van der Waals surface area contributed by atoms with Gasteiger partial charge in [0.1, 0.15) is 0 Å². The Labute approximate surface area is 209 Å². The molecule has 7 nitrogen and oxygen atoms in total. The molecule has 1 saturated heterocycles. The Kier molecular flexibility index (Phi) is 11.8. The van der Waals surface area contributed by atoms with Gasteiger partial charge in [-0.1, -0.05) is 89.7 Å². The highest BCUT2D eigenvalue weighted by Gasteiger charge is 2.40. The molecule has 0 atom stereocenters. The zero-order valence-corrected chi connectivity index (χ0v) is 21.5. The quantitative estimate of drug-likeness (QED) is 0.139. The highest BCUT2D eigenvalue weighted by atomic mass is 16.7. The van der Waals surface area contributed by atoms with E-state index < -0.39 is 23.7 Å². The largest absolute Gasteiger partial charge is 0.462 e. The Balaban J connectivity index is 1.67. The van der Waals surface area contributed by atoms with E-state index in [-0.39, 0.29) is 11.3 Å². The molecule has 1 aliphatic rings. The molecule has 1 heterocycles. The van der Waals surface area contributed by atoms with E-state index in [1.54, 1.807) is 24.3 Å². The molecule has 0 saturated carbocycles. The van der Waals surface area contributed by atoms with Gasteiger partial charge in [-0.15, -0.1) is 0 Å². The first-order chi connectivity index (χ1) is 16.7. The van der Waals surface area contributed by atoms with Crippen molar-refractivity contribution in [1.29, 1.82) is 0 Å². The summed E-state index contributed by atoms with van der Waals surface area (Å²) in [5, 5.41) is 0. The average molecular weight is 488 g/mol. The van der Waals surface area contributed by atoms with Gasteiger partial charge in [-0.05, 0) is 24.1 Å². The van der Waals surface area contributed by atoms with Gasteiger partial charge < -0.3 is 19.9 Å². The van der Waals surface area contributed by atoms with E-state index in [0.717, 1.165) is 19.3 Å². The van der Waals surface area contributed by atoms with Crippen LogP contribution in [0.2, 0.25) is 0 Å². The molecule has 0 aromatic heterocycles. The zero-order chi connectivity index (χ0) is 25.7. The maximum atomic E-state index is 12.3. The van der Waals surface area contributed by atoms with Gasteiger partial charge in [-0.3, -0.25) is 0 Å². The second-order valence-electron chi connectivity index (χ2n) is 9.57. The molecular formula is C28H41NO6. The van der Waals surface area contributed by atoms with Crippen molar-refractivity contribution in [2.45, 2.75) is 104 Å². The predicted molar refractivity (Wildman–Crippen MR) is 135 cm³/mol. The molecule has 1 fully saturated rings. The van der Waals surface area contributed by atoms with E-state index in [4.69, 9.17) is 19.9 Å². The molecule has 0 spiro atoms. The number of hydrogen-bond donors (Lipinski definition) is 1. The second kappa shape index (κ2) is 14.5. The molecule has 1 aliphatic heterocycles. The first-order valence-electron chi connectivity index (χ1n) is 13.0. The third kappa shape index (κ3) is 9.74. The fourth-order valence-electron chi connectivity index (χ4n) is 3.99. The van der Waals surface area contributed by atoms with Crippen molar-refractivity contribution in [3.63, 3.8) is 0 Å². The first kappa shape index (κ1) is 28.4. The lowest BCUT2D eigenvalue weighted by Crippen LogP contribution is -2.42. The number of ether oxygens (including phenoxy) is 3. The van der Waals surface area contributed by atoms with Gasteiger partial charge in [0.2, 0.25) is 0 Å². The van der Waals surface area contributed by atoms with Gasteiger partial charge in [-0.2, -0.15) is 0 Å². The minimum absolute atomic E-state index is 0.0630. The number of benzene rings is 1. The molecular weight excluding hydrogens is 446 g/mol. The Morgan fingerprint density at radius 1 is 0.771 bits per heavy atom. The summed E-state index contributed by atoms with van der Waals surface area (Å²) >= 11 is 0. The molecule has 0 bridgehead atoms. The fourth-order valence-corrected chi connectivity index (χ4v) is 3.99. The maximum absolute atomic E-state index is 12.3. The van der Waals surface area contributed by atoms with Crippen LogP contribution in [0, 0.1) is 0 Å². The number of unbranched alkanes of at least 4 members (excludes halogenated alkanes) is 11. The van der Waals surface area contributed by atoms with E-state index in [9.17, 15) is 14.4 Å². The van der Waals surface area contributed by atoms with Crippen LogP contribution in [0.1, 0.15) is 114 Å². The third-order valence-electron chi connectivity index (χ3n) is 6.02. The normalized spacial score (nSPS) is 14.9. The molecule has 2 rings (SSSR count). The molecule has 7 heteroatoms. The number of nitrogens with two attached hydrogens (primary N) is 1. The number of carbonyl (C=O) groups excluding carboxylic acids is 3.